The van der Waals surface area contributed by atoms with Gasteiger partial charge in [0, 0.05) is 24.8 Å². The van der Waals surface area contributed by atoms with Crippen molar-refractivity contribution < 1.29 is 24.2 Å². The molecule has 1 fully saturated rings. The van der Waals surface area contributed by atoms with E-state index in [4.69, 9.17) is 9.47 Å². The van der Waals surface area contributed by atoms with Crippen LogP contribution in [0.4, 0.5) is 0 Å². The number of esters is 2. The first kappa shape index (κ1) is 16.7. The van der Waals surface area contributed by atoms with Gasteiger partial charge in [-0.3, -0.25) is 4.79 Å². The summed E-state index contributed by atoms with van der Waals surface area (Å²) in [7, 11) is 0. The molecule has 2 aliphatic rings. The zero-order valence-electron chi connectivity index (χ0n) is 13.4. The van der Waals surface area contributed by atoms with E-state index in [-0.39, 0.29) is 29.9 Å². The maximum Gasteiger partial charge on any atom is 0.334 e. The lowest BCUT2D eigenvalue weighted by Crippen LogP contribution is -2.27. The Labute approximate surface area is 131 Å². The SMILES string of the molecule is C=C1C(=O)O[C@H]2C=C([C@H](C[C@H](C)O)OC(C)=O)[C@@H](C)CC[C@@H]12. The topological polar surface area (TPSA) is 72.8 Å². The second-order valence-corrected chi connectivity index (χ2v) is 6.33. The minimum atomic E-state index is -0.586. The molecule has 1 saturated heterocycles. The standard InChI is InChI=1S/C17H24O5/c1-9-5-6-13-11(3)17(20)22-16(13)8-14(9)15(7-10(2)18)21-12(4)19/h8-10,13,15-16,18H,3,5-7H2,1-2,4H3/t9-,10-,13-,15-,16-/m0/s1. The van der Waals surface area contributed by atoms with E-state index in [1.54, 1.807) is 6.92 Å². The highest BCUT2D eigenvalue weighted by atomic mass is 16.6. The predicted molar refractivity (Wildman–Crippen MR) is 80.8 cm³/mol. The Kier molecular flexibility index (Phi) is 5.06. The van der Waals surface area contributed by atoms with Gasteiger partial charge < -0.3 is 14.6 Å². The number of aliphatic hydroxyl groups excluding tert-OH is 1. The average molecular weight is 308 g/mol. The lowest BCUT2D eigenvalue weighted by molar-refractivity contribution is -0.146. The molecule has 1 aliphatic carbocycles. The largest absolute Gasteiger partial charge is 0.458 e. The first-order valence-electron chi connectivity index (χ1n) is 7.76. The number of fused-ring (bicyclic) bond motifs is 1. The molecule has 122 valence electrons. The van der Waals surface area contributed by atoms with Crippen molar-refractivity contribution in [3.05, 3.63) is 23.8 Å². The highest BCUT2D eigenvalue weighted by Crippen LogP contribution is 2.39. The van der Waals surface area contributed by atoms with Crippen LogP contribution in [0.2, 0.25) is 0 Å². The van der Waals surface area contributed by atoms with Crippen LogP contribution in [0.15, 0.2) is 23.8 Å². The third-order valence-corrected chi connectivity index (χ3v) is 4.42. The molecule has 0 saturated carbocycles. The molecular formula is C17H24O5. The molecule has 5 heteroatoms. The van der Waals surface area contributed by atoms with Crippen LogP contribution < -0.4 is 0 Å². The summed E-state index contributed by atoms with van der Waals surface area (Å²) < 4.78 is 10.8. The Bertz CT molecular complexity index is 505. The Morgan fingerprint density at radius 1 is 1.55 bits per heavy atom. The number of aliphatic hydroxyl groups is 1. The van der Waals surface area contributed by atoms with Crippen molar-refractivity contribution in [2.45, 2.75) is 58.3 Å². The molecule has 5 atom stereocenters. The van der Waals surface area contributed by atoms with Crippen molar-refractivity contribution in [1.29, 1.82) is 0 Å². The van der Waals surface area contributed by atoms with Crippen molar-refractivity contribution in [2.75, 3.05) is 0 Å². The van der Waals surface area contributed by atoms with Gasteiger partial charge in [0.2, 0.25) is 0 Å². The molecule has 0 spiro atoms. The molecule has 1 N–H and O–H groups in total. The van der Waals surface area contributed by atoms with Crippen LogP contribution in [0.3, 0.4) is 0 Å². The summed E-state index contributed by atoms with van der Waals surface area (Å²) in [6.07, 6.45) is 2.50. The molecule has 0 amide bonds. The van der Waals surface area contributed by atoms with Crippen LogP contribution in [0.5, 0.6) is 0 Å². The molecule has 0 unspecified atom stereocenters. The van der Waals surface area contributed by atoms with Crippen molar-refractivity contribution >= 4 is 11.9 Å². The van der Waals surface area contributed by atoms with Crippen LogP contribution in [0.1, 0.15) is 40.0 Å². The van der Waals surface area contributed by atoms with Crippen LogP contribution >= 0.6 is 0 Å². The number of carbonyl (C=O) groups excluding carboxylic acids is 2. The lowest BCUT2D eigenvalue weighted by atomic mass is 9.89. The Hall–Kier alpha value is -1.62. The van der Waals surface area contributed by atoms with E-state index in [0.717, 1.165) is 18.4 Å². The lowest BCUT2D eigenvalue weighted by Gasteiger charge is -2.25. The highest BCUT2D eigenvalue weighted by Gasteiger charge is 2.40. The number of hydrogen-bond donors (Lipinski definition) is 1. The van der Waals surface area contributed by atoms with Crippen LogP contribution in [0.25, 0.3) is 0 Å². The summed E-state index contributed by atoms with van der Waals surface area (Å²) in [5, 5.41) is 9.68. The van der Waals surface area contributed by atoms with Crippen LogP contribution in [0, 0.1) is 11.8 Å². The highest BCUT2D eigenvalue weighted by molar-refractivity contribution is 5.91. The molecule has 2 rings (SSSR count). The fraction of sp³-hybridized carbons (Fsp3) is 0.647. The van der Waals surface area contributed by atoms with Gasteiger partial charge in [-0.05, 0) is 37.3 Å². The van der Waals surface area contributed by atoms with Crippen LogP contribution in [-0.4, -0.2) is 35.4 Å². The average Bonchev–Trinajstić information content (AvgIpc) is 2.56. The number of carbonyl (C=O) groups is 2. The molecule has 0 aromatic heterocycles. The molecule has 0 aromatic rings. The Balaban J connectivity index is 2.29. The zero-order valence-corrected chi connectivity index (χ0v) is 13.4. The summed E-state index contributed by atoms with van der Waals surface area (Å²) in [6.45, 7) is 8.91. The van der Waals surface area contributed by atoms with Gasteiger partial charge in [0.05, 0.1) is 6.10 Å². The van der Waals surface area contributed by atoms with E-state index in [2.05, 4.69) is 13.5 Å². The van der Waals surface area contributed by atoms with Gasteiger partial charge in [0.1, 0.15) is 12.2 Å². The van der Waals surface area contributed by atoms with Gasteiger partial charge in [-0.15, -0.1) is 0 Å². The fourth-order valence-electron chi connectivity index (χ4n) is 3.26. The second-order valence-electron chi connectivity index (χ2n) is 6.33. The number of rotatable bonds is 4. The summed E-state index contributed by atoms with van der Waals surface area (Å²) >= 11 is 0. The smallest absolute Gasteiger partial charge is 0.334 e. The summed E-state index contributed by atoms with van der Waals surface area (Å²) in [4.78, 5) is 23.1. The van der Waals surface area contributed by atoms with Gasteiger partial charge >= 0.3 is 11.9 Å². The van der Waals surface area contributed by atoms with E-state index in [1.165, 1.54) is 6.92 Å². The summed E-state index contributed by atoms with van der Waals surface area (Å²) in [6, 6.07) is 0. The van der Waals surface area contributed by atoms with Gasteiger partial charge in [-0.2, -0.15) is 0 Å². The van der Waals surface area contributed by atoms with Gasteiger partial charge in [-0.1, -0.05) is 13.5 Å². The van der Waals surface area contributed by atoms with E-state index in [9.17, 15) is 14.7 Å². The molecular weight excluding hydrogens is 284 g/mol. The van der Waals surface area contributed by atoms with Gasteiger partial charge in [-0.25, -0.2) is 4.79 Å². The first-order valence-corrected chi connectivity index (χ1v) is 7.76. The zero-order chi connectivity index (χ0) is 16.4. The summed E-state index contributed by atoms with van der Waals surface area (Å²) in [5.41, 5.74) is 1.44. The molecule has 22 heavy (non-hydrogen) atoms. The molecule has 1 heterocycles. The number of hydrogen-bond acceptors (Lipinski definition) is 5. The van der Waals surface area contributed by atoms with Crippen molar-refractivity contribution in [3.63, 3.8) is 0 Å². The fourth-order valence-corrected chi connectivity index (χ4v) is 3.26. The normalized spacial score (nSPS) is 30.7. The Morgan fingerprint density at radius 2 is 2.23 bits per heavy atom. The second kappa shape index (κ2) is 6.65. The molecule has 1 aliphatic heterocycles. The first-order chi connectivity index (χ1) is 10.3. The quantitative estimate of drug-likeness (QED) is 0.489. The monoisotopic (exact) mass is 308 g/mol. The molecule has 5 nitrogen and oxygen atoms in total. The maximum absolute atomic E-state index is 11.7. The van der Waals surface area contributed by atoms with Gasteiger partial charge in [0.15, 0.2) is 0 Å². The van der Waals surface area contributed by atoms with E-state index in [1.807, 2.05) is 6.08 Å². The number of ether oxygens (including phenoxy) is 2. The third-order valence-electron chi connectivity index (χ3n) is 4.42. The van der Waals surface area contributed by atoms with E-state index in [0.29, 0.717) is 12.0 Å². The Morgan fingerprint density at radius 3 is 2.82 bits per heavy atom. The van der Waals surface area contributed by atoms with E-state index >= 15 is 0 Å². The van der Waals surface area contributed by atoms with Gasteiger partial charge in [0.25, 0.3) is 0 Å². The minimum absolute atomic E-state index is 0.00280. The van der Waals surface area contributed by atoms with Crippen molar-refractivity contribution in [2.24, 2.45) is 11.8 Å². The van der Waals surface area contributed by atoms with Crippen molar-refractivity contribution in [3.8, 4) is 0 Å². The molecule has 0 radical (unpaired) electrons. The summed E-state index contributed by atoms with van der Waals surface area (Å²) in [5.74, 6) is -0.538. The molecule has 0 bridgehead atoms. The van der Waals surface area contributed by atoms with E-state index < -0.39 is 12.2 Å². The maximum atomic E-state index is 11.7. The van der Waals surface area contributed by atoms with Crippen molar-refractivity contribution in [1.82, 2.24) is 0 Å². The molecule has 0 aromatic carbocycles. The minimum Gasteiger partial charge on any atom is -0.458 e. The third kappa shape index (κ3) is 3.58. The van der Waals surface area contributed by atoms with Crippen LogP contribution in [-0.2, 0) is 19.1 Å². The predicted octanol–water partition coefficient (Wildman–Crippen LogP) is 2.14.